The molecule has 3 heterocycles. The number of fused-ring (bicyclic) bond motifs is 7. The molecule has 280 valence electrons. The Hall–Kier alpha value is -8.15. The summed E-state index contributed by atoms with van der Waals surface area (Å²) in [5.74, 6) is 1.84. The van der Waals surface area contributed by atoms with Crippen LogP contribution in [0.25, 0.3) is 111 Å². The van der Waals surface area contributed by atoms with Gasteiger partial charge < -0.3 is 4.57 Å². The Balaban J connectivity index is 1.13. The molecule has 5 heteroatoms. The molecule has 60 heavy (non-hydrogen) atoms. The molecule has 5 nitrogen and oxygen atoms in total. The Morgan fingerprint density at radius 1 is 0.267 bits per heavy atom. The van der Waals surface area contributed by atoms with Gasteiger partial charge >= 0.3 is 0 Å². The summed E-state index contributed by atoms with van der Waals surface area (Å²) in [5.41, 5.74) is 12.1. The quantitative estimate of drug-likeness (QED) is 0.169. The van der Waals surface area contributed by atoms with Crippen molar-refractivity contribution in [1.82, 2.24) is 24.1 Å². The lowest BCUT2D eigenvalue weighted by Crippen LogP contribution is -2.06. The van der Waals surface area contributed by atoms with Crippen LogP contribution in [-0.2, 0) is 0 Å². The fourth-order valence-corrected chi connectivity index (χ4v) is 8.91. The molecule has 0 aliphatic heterocycles. The average Bonchev–Trinajstić information content (AvgIpc) is 3.82. The molecular weight excluding hydrogens is 731 g/mol. The normalized spacial score (nSPS) is 11.7. The Bertz CT molecular complexity index is 3220. The smallest absolute Gasteiger partial charge is 0.238 e. The zero-order chi connectivity index (χ0) is 39.6. The van der Waals surface area contributed by atoms with Crippen LogP contribution in [0.2, 0.25) is 0 Å². The van der Waals surface area contributed by atoms with Gasteiger partial charge in [0.1, 0.15) is 0 Å². The maximum absolute atomic E-state index is 5.19. The molecule has 0 amide bonds. The molecule has 3 aromatic heterocycles. The topological polar surface area (TPSA) is 48.5 Å². The standard InChI is InChI=1S/C55H35N5/c1-5-17-36(18-6-1)40-29-41(37-19-7-2-8-20-37)31-44(30-40)59-49-27-15-13-25-45(49)47-32-42-33-48-46-26-14-16-28-50(46)60(52(48)35-43(42)34-51(47)59)55-57-53(38-21-9-3-10-22-38)56-54(58-55)39-23-11-4-12-24-39/h1-35H. The van der Waals surface area contributed by atoms with Gasteiger partial charge in [0.05, 0.1) is 22.1 Å². The molecule has 0 aliphatic carbocycles. The summed E-state index contributed by atoms with van der Waals surface area (Å²) in [4.78, 5) is 15.4. The highest BCUT2D eigenvalue weighted by atomic mass is 15.2. The van der Waals surface area contributed by atoms with Crippen molar-refractivity contribution in [2.75, 3.05) is 0 Å². The molecule has 12 aromatic rings. The van der Waals surface area contributed by atoms with Crippen LogP contribution in [-0.4, -0.2) is 24.1 Å². The van der Waals surface area contributed by atoms with Crippen LogP contribution in [0.4, 0.5) is 0 Å². The Labute approximate surface area is 346 Å². The van der Waals surface area contributed by atoms with E-state index >= 15 is 0 Å². The number of hydrogen-bond acceptors (Lipinski definition) is 3. The van der Waals surface area contributed by atoms with Gasteiger partial charge in [-0.3, -0.25) is 4.57 Å². The Morgan fingerprint density at radius 2 is 0.667 bits per heavy atom. The maximum Gasteiger partial charge on any atom is 0.238 e. The van der Waals surface area contributed by atoms with E-state index in [1.807, 2.05) is 36.4 Å². The van der Waals surface area contributed by atoms with E-state index in [1.54, 1.807) is 0 Å². The zero-order valence-electron chi connectivity index (χ0n) is 32.4. The van der Waals surface area contributed by atoms with E-state index in [9.17, 15) is 0 Å². The van der Waals surface area contributed by atoms with Crippen LogP contribution in [0.1, 0.15) is 0 Å². The molecule has 0 atom stereocenters. The van der Waals surface area contributed by atoms with Gasteiger partial charge in [-0.15, -0.1) is 0 Å². The van der Waals surface area contributed by atoms with Crippen molar-refractivity contribution in [2.45, 2.75) is 0 Å². The van der Waals surface area contributed by atoms with Crippen LogP contribution in [0.5, 0.6) is 0 Å². The van der Waals surface area contributed by atoms with Crippen LogP contribution >= 0.6 is 0 Å². The van der Waals surface area contributed by atoms with Gasteiger partial charge in [-0.25, -0.2) is 4.98 Å². The van der Waals surface area contributed by atoms with Gasteiger partial charge in [0.15, 0.2) is 11.6 Å². The molecular formula is C55H35N5. The second-order valence-electron chi connectivity index (χ2n) is 15.3. The molecule has 0 aliphatic rings. The SMILES string of the molecule is c1ccc(-c2cc(-c3ccccc3)cc(-n3c4ccccc4c4cc5cc6c7ccccc7n(-c7nc(-c8ccccc8)nc(-c8ccccc8)n7)c6cc5cc43)c2)cc1. The lowest BCUT2D eigenvalue weighted by molar-refractivity contribution is 0.954. The van der Waals surface area contributed by atoms with Crippen molar-refractivity contribution >= 4 is 54.4 Å². The van der Waals surface area contributed by atoms with E-state index < -0.39 is 0 Å². The molecule has 0 unspecified atom stereocenters. The first-order valence-corrected chi connectivity index (χ1v) is 20.3. The molecule has 0 radical (unpaired) electrons. The second kappa shape index (κ2) is 13.8. The Morgan fingerprint density at radius 3 is 1.17 bits per heavy atom. The largest absolute Gasteiger partial charge is 0.309 e. The highest BCUT2D eigenvalue weighted by Gasteiger charge is 2.20. The molecule has 0 saturated heterocycles. The third-order valence-corrected chi connectivity index (χ3v) is 11.7. The third kappa shape index (κ3) is 5.59. The van der Waals surface area contributed by atoms with Crippen LogP contribution < -0.4 is 0 Å². The van der Waals surface area contributed by atoms with Crippen molar-refractivity contribution in [2.24, 2.45) is 0 Å². The zero-order valence-corrected chi connectivity index (χ0v) is 32.4. The summed E-state index contributed by atoms with van der Waals surface area (Å²) in [6, 6.07) is 75.4. The Kier molecular flexibility index (Phi) is 7.78. The molecule has 0 spiro atoms. The van der Waals surface area contributed by atoms with Crippen LogP contribution in [0.3, 0.4) is 0 Å². The van der Waals surface area contributed by atoms with Gasteiger partial charge in [-0.1, -0.05) is 158 Å². The van der Waals surface area contributed by atoms with E-state index in [0.29, 0.717) is 17.6 Å². The number of rotatable bonds is 6. The number of aromatic nitrogens is 5. The predicted molar refractivity (Wildman–Crippen MR) is 248 cm³/mol. The van der Waals surface area contributed by atoms with Crippen molar-refractivity contribution in [3.8, 4) is 56.7 Å². The summed E-state index contributed by atoms with van der Waals surface area (Å²) in [6.07, 6.45) is 0. The fourth-order valence-electron chi connectivity index (χ4n) is 8.91. The molecule has 0 fully saturated rings. The van der Waals surface area contributed by atoms with E-state index in [1.165, 1.54) is 43.9 Å². The summed E-state index contributed by atoms with van der Waals surface area (Å²) in [7, 11) is 0. The molecule has 0 bridgehead atoms. The second-order valence-corrected chi connectivity index (χ2v) is 15.3. The molecule has 9 aromatic carbocycles. The van der Waals surface area contributed by atoms with Crippen LogP contribution in [0.15, 0.2) is 212 Å². The van der Waals surface area contributed by atoms with Gasteiger partial charge in [0, 0.05) is 38.4 Å². The lowest BCUT2D eigenvalue weighted by Gasteiger charge is -2.14. The van der Waals surface area contributed by atoms with Gasteiger partial charge in [0.25, 0.3) is 0 Å². The van der Waals surface area contributed by atoms with E-state index in [0.717, 1.165) is 49.5 Å². The number of para-hydroxylation sites is 2. The highest BCUT2D eigenvalue weighted by Crippen LogP contribution is 2.40. The monoisotopic (exact) mass is 765 g/mol. The minimum atomic E-state index is 0.578. The van der Waals surface area contributed by atoms with Gasteiger partial charge in [0.2, 0.25) is 5.95 Å². The highest BCUT2D eigenvalue weighted by molar-refractivity contribution is 6.18. The first-order valence-electron chi connectivity index (χ1n) is 20.3. The number of nitrogens with zero attached hydrogens (tertiary/aromatic N) is 5. The minimum Gasteiger partial charge on any atom is -0.309 e. The molecule has 12 rings (SSSR count). The first kappa shape index (κ1) is 33.9. The van der Waals surface area contributed by atoms with Gasteiger partial charge in [-0.05, 0) is 87.6 Å². The van der Waals surface area contributed by atoms with Crippen molar-refractivity contribution in [1.29, 1.82) is 0 Å². The van der Waals surface area contributed by atoms with E-state index in [4.69, 9.17) is 15.0 Å². The number of hydrogen-bond donors (Lipinski definition) is 0. The van der Waals surface area contributed by atoms with E-state index in [-0.39, 0.29) is 0 Å². The third-order valence-electron chi connectivity index (χ3n) is 11.7. The number of benzene rings is 9. The summed E-state index contributed by atoms with van der Waals surface area (Å²) in [5, 5.41) is 7.03. The predicted octanol–water partition coefficient (Wildman–Crippen LogP) is 13.9. The van der Waals surface area contributed by atoms with Crippen molar-refractivity contribution in [3.05, 3.63) is 212 Å². The maximum atomic E-state index is 5.19. The molecule has 0 N–H and O–H groups in total. The average molecular weight is 766 g/mol. The lowest BCUT2D eigenvalue weighted by atomic mass is 9.98. The summed E-state index contributed by atoms with van der Waals surface area (Å²) >= 11 is 0. The van der Waals surface area contributed by atoms with Crippen molar-refractivity contribution < 1.29 is 0 Å². The minimum absolute atomic E-state index is 0.578. The fraction of sp³-hybridized carbons (Fsp3) is 0. The first-order chi connectivity index (χ1) is 29.7. The van der Waals surface area contributed by atoms with Crippen LogP contribution in [0, 0.1) is 0 Å². The molecule has 0 saturated carbocycles. The van der Waals surface area contributed by atoms with E-state index in [2.05, 4.69) is 185 Å². The summed E-state index contributed by atoms with van der Waals surface area (Å²) in [6.45, 7) is 0. The van der Waals surface area contributed by atoms with Gasteiger partial charge in [-0.2, -0.15) is 9.97 Å². The summed E-state index contributed by atoms with van der Waals surface area (Å²) < 4.78 is 4.65. The van der Waals surface area contributed by atoms with Crippen molar-refractivity contribution in [3.63, 3.8) is 0 Å².